The predicted octanol–water partition coefficient (Wildman–Crippen LogP) is 4.66. The molecule has 4 nitrogen and oxygen atoms in total. The number of hydrogen-bond donors (Lipinski definition) is 1. The van der Waals surface area contributed by atoms with Gasteiger partial charge in [-0.05, 0) is 61.3 Å². The third kappa shape index (κ3) is 3.68. The number of fused-ring (bicyclic) bond motifs is 2. The first kappa shape index (κ1) is 22.5. The molecule has 1 aliphatic rings. The molecular weight excluding hydrogens is 396 g/mol. The van der Waals surface area contributed by atoms with Crippen LogP contribution in [0, 0.1) is 11.3 Å². The lowest BCUT2D eigenvalue weighted by Crippen LogP contribution is -2.53. The Kier molecular flexibility index (Phi) is 6.15. The summed E-state index contributed by atoms with van der Waals surface area (Å²) in [5.74, 6) is 0.712. The fourth-order valence-electron chi connectivity index (χ4n) is 4.91. The molecule has 1 aromatic heterocycles. The minimum atomic E-state index is -1.21. The molecule has 160 valence electrons. The van der Waals surface area contributed by atoms with Gasteiger partial charge in [-0.2, -0.15) is 0 Å². The van der Waals surface area contributed by atoms with Crippen molar-refractivity contribution in [3.8, 4) is 5.75 Å². The third-order valence-corrected chi connectivity index (χ3v) is 6.32. The van der Waals surface area contributed by atoms with E-state index < -0.39 is 5.60 Å². The molecule has 0 saturated heterocycles. The molecule has 5 heteroatoms. The normalized spacial score (nSPS) is 22.4. The van der Waals surface area contributed by atoms with Gasteiger partial charge in [-0.3, -0.25) is 0 Å². The summed E-state index contributed by atoms with van der Waals surface area (Å²) in [6.07, 6.45) is 0.880. The quantitative estimate of drug-likeness (QED) is 0.659. The van der Waals surface area contributed by atoms with Gasteiger partial charge in [0.05, 0.1) is 18.3 Å². The molecule has 0 bridgehead atoms. The Bertz CT molecular complexity index is 1050. The van der Waals surface area contributed by atoms with Crippen LogP contribution in [0.25, 0.3) is 10.9 Å². The highest BCUT2D eigenvalue weighted by Gasteiger charge is 2.53. The Morgan fingerprint density at radius 3 is 2.53 bits per heavy atom. The van der Waals surface area contributed by atoms with Crippen molar-refractivity contribution in [2.24, 2.45) is 11.3 Å². The lowest BCUT2D eigenvalue weighted by atomic mass is 9.58. The Morgan fingerprint density at radius 2 is 1.83 bits per heavy atom. The van der Waals surface area contributed by atoms with Crippen molar-refractivity contribution in [3.63, 3.8) is 0 Å². The first-order valence-electron chi connectivity index (χ1n) is 10.2. The van der Waals surface area contributed by atoms with Crippen molar-refractivity contribution in [1.82, 2.24) is 9.88 Å². The van der Waals surface area contributed by atoms with Crippen LogP contribution in [0.2, 0.25) is 0 Å². The molecule has 0 aliphatic heterocycles. The van der Waals surface area contributed by atoms with Gasteiger partial charge in [0.1, 0.15) is 11.4 Å². The number of halogens is 1. The number of benzene rings is 2. The second-order valence-electron chi connectivity index (χ2n) is 9.17. The van der Waals surface area contributed by atoms with E-state index in [-0.39, 0.29) is 23.7 Å². The van der Waals surface area contributed by atoms with Crippen LogP contribution in [0.4, 0.5) is 0 Å². The number of hydrogen-bond acceptors (Lipinski definition) is 4. The van der Waals surface area contributed by atoms with Crippen LogP contribution in [0.1, 0.15) is 30.7 Å². The number of rotatable bonds is 4. The van der Waals surface area contributed by atoms with Gasteiger partial charge in [-0.15, -0.1) is 12.4 Å². The summed E-state index contributed by atoms with van der Waals surface area (Å²) in [7, 11) is 5.78. The molecule has 2 atom stereocenters. The number of ether oxygens (including phenoxy) is 1. The highest BCUT2D eigenvalue weighted by atomic mass is 35.5. The van der Waals surface area contributed by atoms with Crippen LogP contribution in [0.3, 0.4) is 0 Å². The molecule has 0 fully saturated rings. The summed E-state index contributed by atoms with van der Waals surface area (Å²) >= 11 is 0. The maximum Gasteiger partial charge on any atom is 0.136 e. The molecule has 0 amide bonds. The average molecular weight is 427 g/mol. The van der Waals surface area contributed by atoms with Crippen LogP contribution in [-0.2, 0) is 12.0 Å². The molecular formula is C25H31ClN2O2. The van der Waals surface area contributed by atoms with Crippen molar-refractivity contribution in [2.75, 3.05) is 27.7 Å². The summed E-state index contributed by atoms with van der Waals surface area (Å²) < 4.78 is 5.48. The molecule has 2 aromatic carbocycles. The summed E-state index contributed by atoms with van der Waals surface area (Å²) in [6.45, 7) is 5.27. The average Bonchev–Trinajstić information content (AvgIpc) is 2.69. The number of methoxy groups -OCH3 is 1. The smallest absolute Gasteiger partial charge is 0.136 e. The summed E-state index contributed by atoms with van der Waals surface area (Å²) in [6, 6.07) is 18.1. The van der Waals surface area contributed by atoms with Crippen LogP contribution in [0.5, 0.6) is 5.75 Å². The maximum absolute atomic E-state index is 12.5. The highest BCUT2D eigenvalue weighted by Crippen LogP contribution is 2.52. The van der Waals surface area contributed by atoms with Crippen molar-refractivity contribution in [2.45, 2.75) is 25.9 Å². The topological polar surface area (TPSA) is 45.6 Å². The van der Waals surface area contributed by atoms with Crippen LogP contribution >= 0.6 is 12.4 Å². The van der Waals surface area contributed by atoms with E-state index in [0.29, 0.717) is 0 Å². The zero-order valence-corrected chi connectivity index (χ0v) is 19.2. The summed E-state index contributed by atoms with van der Waals surface area (Å²) in [5, 5.41) is 13.6. The predicted molar refractivity (Wildman–Crippen MR) is 125 cm³/mol. The van der Waals surface area contributed by atoms with E-state index in [1.165, 1.54) is 0 Å². The fraction of sp³-hybridized carbons (Fsp3) is 0.400. The number of para-hydroxylation sites is 1. The van der Waals surface area contributed by atoms with Gasteiger partial charge in [-0.1, -0.05) is 44.2 Å². The van der Waals surface area contributed by atoms with Crippen LogP contribution < -0.4 is 4.74 Å². The molecule has 1 aliphatic carbocycles. The minimum absolute atomic E-state index is 0. The van der Waals surface area contributed by atoms with Gasteiger partial charge in [0.15, 0.2) is 0 Å². The number of pyridine rings is 1. The molecule has 0 radical (unpaired) electrons. The SMILES string of the molecule is COc1cccc(C2(O)c3nc4ccccc4cc3CC(C)(C)C2CN(C)C)c1.Cl. The van der Waals surface area contributed by atoms with Gasteiger partial charge in [0.2, 0.25) is 0 Å². The summed E-state index contributed by atoms with van der Waals surface area (Å²) in [5.41, 5.74) is 2.32. The molecule has 0 spiro atoms. The van der Waals surface area contributed by atoms with Gasteiger partial charge < -0.3 is 14.7 Å². The molecule has 0 saturated carbocycles. The monoisotopic (exact) mass is 426 g/mol. The Labute approximate surface area is 185 Å². The van der Waals surface area contributed by atoms with E-state index in [0.717, 1.165) is 46.4 Å². The van der Waals surface area contributed by atoms with Crippen molar-refractivity contribution in [3.05, 3.63) is 71.4 Å². The van der Waals surface area contributed by atoms with E-state index in [2.05, 4.69) is 45.0 Å². The second-order valence-corrected chi connectivity index (χ2v) is 9.17. The molecule has 2 unspecified atom stereocenters. The third-order valence-electron chi connectivity index (χ3n) is 6.32. The van der Waals surface area contributed by atoms with Crippen molar-refractivity contribution >= 4 is 23.3 Å². The fourth-order valence-corrected chi connectivity index (χ4v) is 4.91. The van der Waals surface area contributed by atoms with Gasteiger partial charge in [0, 0.05) is 17.8 Å². The van der Waals surface area contributed by atoms with Crippen LogP contribution in [-0.4, -0.2) is 42.7 Å². The van der Waals surface area contributed by atoms with E-state index in [4.69, 9.17) is 9.72 Å². The Hall–Kier alpha value is -2.14. The van der Waals surface area contributed by atoms with Gasteiger partial charge in [-0.25, -0.2) is 4.98 Å². The zero-order valence-electron chi connectivity index (χ0n) is 18.3. The largest absolute Gasteiger partial charge is 0.497 e. The summed E-state index contributed by atoms with van der Waals surface area (Å²) in [4.78, 5) is 7.17. The van der Waals surface area contributed by atoms with E-state index in [1.807, 2.05) is 42.5 Å². The first-order chi connectivity index (χ1) is 13.8. The number of aromatic nitrogens is 1. The number of nitrogens with zero attached hydrogens (tertiary/aromatic N) is 2. The molecule has 1 N–H and O–H groups in total. The molecule has 3 aromatic rings. The lowest BCUT2D eigenvalue weighted by Gasteiger charge is -2.51. The minimum Gasteiger partial charge on any atom is -0.497 e. The number of aliphatic hydroxyl groups is 1. The van der Waals surface area contributed by atoms with Gasteiger partial charge in [0.25, 0.3) is 0 Å². The Morgan fingerprint density at radius 1 is 1.10 bits per heavy atom. The zero-order chi connectivity index (χ0) is 20.8. The second kappa shape index (κ2) is 8.18. The van der Waals surface area contributed by atoms with Crippen LogP contribution in [0.15, 0.2) is 54.6 Å². The molecule has 4 rings (SSSR count). The maximum atomic E-state index is 12.5. The Balaban J connectivity index is 0.00000256. The first-order valence-corrected chi connectivity index (χ1v) is 10.2. The van der Waals surface area contributed by atoms with Gasteiger partial charge >= 0.3 is 0 Å². The van der Waals surface area contributed by atoms with Crippen molar-refractivity contribution in [1.29, 1.82) is 0 Å². The molecule has 1 heterocycles. The van der Waals surface area contributed by atoms with E-state index in [9.17, 15) is 5.11 Å². The highest BCUT2D eigenvalue weighted by molar-refractivity contribution is 5.85. The van der Waals surface area contributed by atoms with Crippen molar-refractivity contribution < 1.29 is 9.84 Å². The standard InChI is InChI=1S/C25H30N2O2.ClH/c1-24(2)15-18-13-17-9-6-7-12-21(17)26-23(18)25(28,22(24)16-27(3)4)19-10-8-11-20(14-19)29-5;/h6-14,22,28H,15-16H2,1-5H3;1H. The lowest BCUT2D eigenvalue weighted by molar-refractivity contribution is -0.0653. The molecule has 30 heavy (non-hydrogen) atoms. The van der Waals surface area contributed by atoms with E-state index >= 15 is 0 Å². The van der Waals surface area contributed by atoms with E-state index in [1.54, 1.807) is 7.11 Å².